The minimum absolute atomic E-state index is 0.330. The fraction of sp³-hybridized carbons (Fsp3) is 0.500. The first-order valence-corrected chi connectivity index (χ1v) is 7.23. The quantitative estimate of drug-likeness (QED) is 0.888. The lowest BCUT2D eigenvalue weighted by Gasteiger charge is -2.38. The first-order chi connectivity index (χ1) is 9.91. The molecule has 1 aliphatic carbocycles. The molecule has 1 heterocycles. The number of carbonyl (C=O) groups excluding carboxylic acids is 1. The fourth-order valence-corrected chi connectivity index (χ4v) is 2.90. The van der Waals surface area contributed by atoms with E-state index >= 15 is 0 Å². The summed E-state index contributed by atoms with van der Waals surface area (Å²) >= 11 is 0. The lowest BCUT2D eigenvalue weighted by atomic mass is 9.76. The molecule has 112 valence electrons. The van der Waals surface area contributed by atoms with Gasteiger partial charge in [-0.3, -0.25) is 4.79 Å². The number of carboxylic acids is 1. The number of ether oxygens (including phenoxy) is 1. The average Bonchev–Trinajstić information content (AvgIpc) is 2.76. The average molecular weight is 289 g/mol. The van der Waals surface area contributed by atoms with Gasteiger partial charge in [0.15, 0.2) is 6.10 Å². The van der Waals surface area contributed by atoms with Crippen molar-refractivity contribution in [3.8, 4) is 5.75 Å². The van der Waals surface area contributed by atoms with E-state index in [-0.39, 0.29) is 5.91 Å². The smallest absolute Gasteiger partial charge is 0.329 e. The summed E-state index contributed by atoms with van der Waals surface area (Å²) in [5.74, 6) is -0.552. The van der Waals surface area contributed by atoms with Crippen LogP contribution in [0, 0.1) is 13.8 Å². The van der Waals surface area contributed by atoms with Crippen molar-refractivity contribution in [1.82, 2.24) is 5.32 Å². The summed E-state index contributed by atoms with van der Waals surface area (Å²) in [6, 6.07) is 3.97. The number of nitrogens with one attached hydrogen (secondary N) is 1. The molecule has 0 aromatic heterocycles. The SMILES string of the molecule is Cc1cc2c(cc1C)OC(C(=O)NC1(C(=O)O)CCC1)C2. The molecular formula is C16H19NO4. The van der Waals surface area contributed by atoms with E-state index in [9.17, 15) is 14.7 Å². The largest absolute Gasteiger partial charge is 0.480 e. The molecule has 2 aliphatic rings. The molecule has 1 amide bonds. The number of carbonyl (C=O) groups is 2. The number of carboxylic acid groups (broad SMARTS) is 1. The predicted octanol–water partition coefficient (Wildman–Crippen LogP) is 1.73. The molecule has 1 aromatic rings. The summed E-state index contributed by atoms with van der Waals surface area (Å²) in [5.41, 5.74) is 2.22. The molecular weight excluding hydrogens is 270 g/mol. The monoisotopic (exact) mass is 289 g/mol. The van der Waals surface area contributed by atoms with Gasteiger partial charge in [-0.2, -0.15) is 0 Å². The number of aliphatic carboxylic acids is 1. The molecule has 0 spiro atoms. The molecule has 2 N–H and O–H groups in total. The Morgan fingerprint density at radius 2 is 1.95 bits per heavy atom. The van der Waals surface area contributed by atoms with Crippen molar-refractivity contribution in [3.05, 3.63) is 28.8 Å². The predicted molar refractivity (Wildman–Crippen MR) is 76.4 cm³/mol. The van der Waals surface area contributed by atoms with Crippen LogP contribution < -0.4 is 10.1 Å². The van der Waals surface area contributed by atoms with E-state index in [1.807, 2.05) is 26.0 Å². The maximum Gasteiger partial charge on any atom is 0.329 e. The second-order valence-electron chi connectivity index (χ2n) is 6.08. The van der Waals surface area contributed by atoms with Crippen LogP contribution in [0.1, 0.15) is 36.0 Å². The van der Waals surface area contributed by atoms with E-state index < -0.39 is 17.6 Å². The highest BCUT2D eigenvalue weighted by Gasteiger charge is 2.47. The molecule has 3 rings (SSSR count). The van der Waals surface area contributed by atoms with Gasteiger partial charge in [-0.05, 0) is 55.9 Å². The number of hydrogen-bond acceptors (Lipinski definition) is 3. The van der Waals surface area contributed by atoms with E-state index in [0.717, 1.165) is 23.3 Å². The Kier molecular flexibility index (Phi) is 3.15. The normalized spacial score (nSPS) is 21.9. The van der Waals surface area contributed by atoms with Crippen LogP contribution in [0.3, 0.4) is 0 Å². The van der Waals surface area contributed by atoms with Crippen molar-refractivity contribution < 1.29 is 19.4 Å². The van der Waals surface area contributed by atoms with Crippen LogP contribution in [0.2, 0.25) is 0 Å². The zero-order valence-electron chi connectivity index (χ0n) is 12.2. The number of amides is 1. The van der Waals surface area contributed by atoms with E-state index in [0.29, 0.717) is 19.3 Å². The van der Waals surface area contributed by atoms with Crippen molar-refractivity contribution in [2.45, 2.75) is 51.2 Å². The Hall–Kier alpha value is -2.04. The summed E-state index contributed by atoms with van der Waals surface area (Å²) < 4.78 is 5.69. The van der Waals surface area contributed by atoms with Gasteiger partial charge in [0.1, 0.15) is 11.3 Å². The third kappa shape index (κ3) is 2.26. The number of hydrogen-bond donors (Lipinski definition) is 2. The minimum atomic E-state index is -1.08. The zero-order valence-corrected chi connectivity index (χ0v) is 12.2. The molecule has 1 aliphatic heterocycles. The summed E-state index contributed by atoms with van der Waals surface area (Å²) in [7, 11) is 0. The summed E-state index contributed by atoms with van der Waals surface area (Å²) in [6.07, 6.45) is 1.69. The third-order valence-corrected chi connectivity index (χ3v) is 4.62. The lowest BCUT2D eigenvalue weighted by molar-refractivity contribution is -0.152. The van der Waals surface area contributed by atoms with Gasteiger partial charge < -0.3 is 15.2 Å². The molecule has 0 saturated heterocycles. The molecule has 5 nitrogen and oxygen atoms in total. The van der Waals surface area contributed by atoms with Crippen LogP contribution in [0.15, 0.2) is 12.1 Å². The molecule has 5 heteroatoms. The number of aryl methyl sites for hydroxylation is 2. The topological polar surface area (TPSA) is 75.6 Å². The summed E-state index contributed by atoms with van der Waals surface area (Å²) in [6.45, 7) is 4.02. The van der Waals surface area contributed by atoms with Gasteiger partial charge >= 0.3 is 5.97 Å². The first-order valence-electron chi connectivity index (χ1n) is 7.23. The molecule has 1 fully saturated rings. The van der Waals surface area contributed by atoms with Crippen molar-refractivity contribution in [2.75, 3.05) is 0 Å². The van der Waals surface area contributed by atoms with Crippen LogP contribution >= 0.6 is 0 Å². The Bertz CT molecular complexity index is 588. The van der Waals surface area contributed by atoms with E-state index in [1.165, 1.54) is 5.56 Å². The Labute approximate surface area is 123 Å². The highest BCUT2D eigenvalue weighted by molar-refractivity contribution is 5.90. The van der Waals surface area contributed by atoms with Crippen LogP contribution in [-0.2, 0) is 16.0 Å². The van der Waals surface area contributed by atoms with Gasteiger partial charge in [-0.1, -0.05) is 6.07 Å². The standard InChI is InChI=1S/C16H19NO4/c1-9-6-11-8-13(21-12(11)7-10(9)2)14(18)17-16(15(19)20)4-3-5-16/h6-7,13H,3-5,8H2,1-2H3,(H,17,18)(H,19,20). The summed E-state index contributed by atoms with van der Waals surface area (Å²) in [4.78, 5) is 23.6. The zero-order chi connectivity index (χ0) is 15.2. The van der Waals surface area contributed by atoms with Crippen LogP contribution in [0.5, 0.6) is 5.75 Å². The number of rotatable bonds is 3. The molecule has 1 aromatic carbocycles. The molecule has 1 unspecified atom stereocenters. The fourth-order valence-electron chi connectivity index (χ4n) is 2.90. The Morgan fingerprint density at radius 1 is 1.29 bits per heavy atom. The Morgan fingerprint density at radius 3 is 2.52 bits per heavy atom. The first kappa shape index (κ1) is 13.9. The minimum Gasteiger partial charge on any atom is -0.480 e. The third-order valence-electron chi connectivity index (χ3n) is 4.62. The van der Waals surface area contributed by atoms with Crippen LogP contribution in [0.25, 0.3) is 0 Å². The maximum absolute atomic E-state index is 12.3. The van der Waals surface area contributed by atoms with E-state index in [4.69, 9.17) is 4.74 Å². The molecule has 1 saturated carbocycles. The highest BCUT2D eigenvalue weighted by atomic mass is 16.5. The highest BCUT2D eigenvalue weighted by Crippen LogP contribution is 2.34. The second kappa shape index (κ2) is 4.76. The molecule has 0 radical (unpaired) electrons. The molecule has 1 atom stereocenters. The van der Waals surface area contributed by atoms with Crippen LogP contribution in [0.4, 0.5) is 0 Å². The van der Waals surface area contributed by atoms with Gasteiger partial charge in [0.05, 0.1) is 0 Å². The lowest BCUT2D eigenvalue weighted by Crippen LogP contribution is -2.61. The van der Waals surface area contributed by atoms with Gasteiger partial charge in [0.2, 0.25) is 0 Å². The number of benzene rings is 1. The van der Waals surface area contributed by atoms with Crippen molar-refractivity contribution in [2.24, 2.45) is 0 Å². The van der Waals surface area contributed by atoms with Crippen LogP contribution in [-0.4, -0.2) is 28.6 Å². The molecule has 21 heavy (non-hydrogen) atoms. The van der Waals surface area contributed by atoms with Crippen molar-refractivity contribution in [1.29, 1.82) is 0 Å². The number of fused-ring (bicyclic) bond motifs is 1. The van der Waals surface area contributed by atoms with Crippen molar-refractivity contribution in [3.63, 3.8) is 0 Å². The van der Waals surface area contributed by atoms with Gasteiger partial charge in [-0.25, -0.2) is 4.79 Å². The van der Waals surface area contributed by atoms with E-state index in [1.54, 1.807) is 0 Å². The molecule has 0 bridgehead atoms. The second-order valence-corrected chi connectivity index (χ2v) is 6.08. The van der Waals surface area contributed by atoms with Gasteiger partial charge in [-0.15, -0.1) is 0 Å². The summed E-state index contributed by atoms with van der Waals surface area (Å²) in [5, 5.41) is 11.9. The van der Waals surface area contributed by atoms with Gasteiger partial charge in [0, 0.05) is 6.42 Å². The van der Waals surface area contributed by atoms with E-state index in [2.05, 4.69) is 5.32 Å². The Balaban J connectivity index is 1.72. The van der Waals surface area contributed by atoms with Gasteiger partial charge in [0.25, 0.3) is 5.91 Å². The maximum atomic E-state index is 12.3. The van der Waals surface area contributed by atoms with Crippen molar-refractivity contribution >= 4 is 11.9 Å².